The first-order chi connectivity index (χ1) is 7.47. The zero-order valence-electron chi connectivity index (χ0n) is 8.57. The van der Waals surface area contributed by atoms with Crippen LogP contribution in [0.4, 0.5) is 13.2 Å². The predicted molar refractivity (Wildman–Crippen MR) is 53.2 cm³/mol. The molecule has 2 nitrogen and oxygen atoms in total. The second kappa shape index (κ2) is 5.75. The number of benzene rings is 1. The van der Waals surface area contributed by atoms with Crippen molar-refractivity contribution in [2.45, 2.75) is 25.1 Å². The summed E-state index contributed by atoms with van der Waals surface area (Å²) >= 11 is 0. The van der Waals surface area contributed by atoms with E-state index in [1.54, 1.807) is 24.3 Å². The number of hydrogen-bond acceptors (Lipinski definition) is 2. The van der Waals surface area contributed by atoms with Crippen molar-refractivity contribution in [3.05, 3.63) is 30.3 Å². The molecule has 1 rings (SSSR count). The number of rotatable bonds is 5. The second-order valence-electron chi connectivity index (χ2n) is 3.42. The molecule has 0 aliphatic heterocycles. The standard InChI is InChI=1S/C11H13F3O2/c12-11(13,14)8-9(15)6-7-16-10-4-2-1-3-5-10/h1-5,9,15H,6-8H2. The molecule has 0 saturated heterocycles. The van der Waals surface area contributed by atoms with Gasteiger partial charge in [0.2, 0.25) is 0 Å². The largest absolute Gasteiger partial charge is 0.493 e. The first-order valence-corrected chi connectivity index (χ1v) is 4.90. The van der Waals surface area contributed by atoms with Gasteiger partial charge in [-0.2, -0.15) is 13.2 Å². The van der Waals surface area contributed by atoms with Crippen molar-refractivity contribution < 1.29 is 23.0 Å². The Balaban J connectivity index is 2.21. The van der Waals surface area contributed by atoms with E-state index in [0.29, 0.717) is 5.75 Å². The van der Waals surface area contributed by atoms with Crippen molar-refractivity contribution in [1.29, 1.82) is 0 Å². The molecule has 0 heterocycles. The van der Waals surface area contributed by atoms with E-state index in [-0.39, 0.29) is 13.0 Å². The van der Waals surface area contributed by atoms with Gasteiger partial charge in [-0.3, -0.25) is 0 Å². The Morgan fingerprint density at radius 1 is 1.19 bits per heavy atom. The molecule has 1 aromatic carbocycles. The number of aliphatic hydroxyl groups excluding tert-OH is 1. The number of alkyl halides is 3. The lowest BCUT2D eigenvalue weighted by Gasteiger charge is -2.13. The first kappa shape index (κ1) is 12.8. The third kappa shape index (κ3) is 5.60. The highest BCUT2D eigenvalue weighted by Gasteiger charge is 2.30. The molecular weight excluding hydrogens is 221 g/mol. The predicted octanol–water partition coefficient (Wildman–Crippen LogP) is 2.77. The molecule has 0 fully saturated rings. The summed E-state index contributed by atoms with van der Waals surface area (Å²) in [5.74, 6) is 0.585. The lowest BCUT2D eigenvalue weighted by molar-refractivity contribution is -0.154. The van der Waals surface area contributed by atoms with Crippen LogP contribution >= 0.6 is 0 Å². The summed E-state index contributed by atoms with van der Waals surface area (Å²) in [5, 5.41) is 9.06. The molecule has 0 saturated carbocycles. The molecule has 0 aliphatic rings. The van der Waals surface area contributed by atoms with Gasteiger partial charge in [0, 0.05) is 6.42 Å². The zero-order valence-corrected chi connectivity index (χ0v) is 8.57. The Morgan fingerprint density at radius 2 is 1.81 bits per heavy atom. The van der Waals surface area contributed by atoms with Gasteiger partial charge in [-0.25, -0.2) is 0 Å². The summed E-state index contributed by atoms with van der Waals surface area (Å²) in [4.78, 5) is 0. The molecule has 1 atom stereocenters. The van der Waals surface area contributed by atoms with Crippen molar-refractivity contribution in [1.82, 2.24) is 0 Å². The normalized spacial score (nSPS) is 13.5. The van der Waals surface area contributed by atoms with Gasteiger partial charge in [0.25, 0.3) is 0 Å². The Bertz CT molecular complexity index is 298. The van der Waals surface area contributed by atoms with E-state index in [9.17, 15) is 13.2 Å². The second-order valence-corrected chi connectivity index (χ2v) is 3.42. The summed E-state index contributed by atoms with van der Waals surface area (Å²) in [6.07, 6.45) is -6.95. The minimum absolute atomic E-state index is 0.0333. The van der Waals surface area contributed by atoms with Gasteiger partial charge in [-0.05, 0) is 12.1 Å². The maximum Gasteiger partial charge on any atom is 0.391 e. The van der Waals surface area contributed by atoms with Crippen LogP contribution in [0.15, 0.2) is 30.3 Å². The van der Waals surface area contributed by atoms with E-state index >= 15 is 0 Å². The maximum atomic E-state index is 11.9. The van der Waals surface area contributed by atoms with E-state index in [1.165, 1.54) is 0 Å². The van der Waals surface area contributed by atoms with Crippen LogP contribution in [0.25, 0.3) is 0 Å². The maximum absolute atomic E-state index is 11.9. The number of hydrogen-bond donors (Lipinski definition) is 1. The third-order valence-electron chi connectivity index (χ3n) is 1.93. The monoisotopic (exact) mass is 234 g/mol. The molecule has 1 N–H and O–H groups in total. The van der Waals surface area contributed by atoms with Crippen molar-refractivity contribution in [3.63, 3.8) is 0 Å². The lowest BCUT2D eigenvalue weighted by atomic mass is 10.2. The van der Waals surface area contributed by atoms with Gasteiger partial charge < -0.3 is 9.84 Å². The molecule has 0 amide bonds. The minimum Gasteiger partial charge on any atom is -0.493 e. The SMILES string of the molecule is OC(CCOc1ccccc1)CC(F)(F)F. The van der Waals surface area contributed by atoms with Crippen molar-refractivity contribution in [2.24, 2.45) is 0 Å². The van der Waals surface area contributed by atoms with Crippen LogP contribution in [0.1, 0.15) is 12.8 Å². The molecule has 1 unspecified atom stereocenters. The summed E-state index contributed by atoms with van der Waals surface area (Å²) in [5.41, 5.74) is 0. The Morgan fingerprint density at radius 3 is 2.38 bits per heavy atom. The summed E-state index contributed by atoms with van der Waals surface area (Å²) in [6.45, 7) is 0.0707. The molecule has 90 valence electrons. The molecule has 0 spiro atoms. The average Bonchev–Trinajstić information content (AvgIpc) is 2.16. The fraction of sp³-hybridized carbons (Fsp3) is 0.455. The van der Waals surface area contributed by atoms with E-state index in [1.807, 2.05) is 6.07 Å². The number of halogens is 3. The van der Waals surface area contributed by atoms with Crippen LogP contribution in [-0.4, -0.2) is 24.0 Å². The smallest absolute Gasteiger partial charge is 0.391 e. The Kier molecular flexibility index (Phi) is 4.61. The quantitative estimate of drug-likeness (QED) is 0.848. The highest BCUT2D eigenvalue weighted by atomic mass is 19.4. The summed E-state index contributed by atoms with van der Waals surface area (Å²) in [6, 6.07) is 8.75. The molecule has 16 heavy (non-hydrogen) atoms. The first-order valence-electron chi connectivity index (χ1n) is 4.90. The molecule has 0 aliphatic carbocycles. The molecule has 0 bridgehead atoms. The molecule has 0 aromatic heterocycles. The Hall–Kier alpha value is -1.23. The van der Waals surface area contributed by atoms with Crippen molar-refractivity contribution in [3.8, 4) is 5.75 Å². The van der Waals surface area contributed by atoms with Crippen LogP contribution in [-0.2, 0) is 0 Å². The fourth-order valence-electron chi connectivity index (χ4n) is 1.20. The van der Waals surface area contributed by atoms with E-state index < -0.39 is 18.7 Å². The molecule has 1 aromatic rings. The van der Waals surface area contributed by atoms with Crippen LogP contribution in [0.3, 0.4) is 0 Å². The summed E-state index contributed by atoms with van der Waals surface area (Å²) < 4.78 is 40.7. The van der Waals surface area contributed by atoms with Gasteiger partial charge in [-0.15, -0.1) is 0 Å². The minimum atomic E-state index is -4.33. The number of para-hydroxylation sites is 1. The van der Waals surface area contributed by atoms with E-state index in [2.05, 4.69) is 0 Å². The molecule has 5 heteroatoms. The van der Waals surface area contributed by atoms with Crippen molar-refractivity contribution in [2.75, 3.05) is 6.61 Å². The van der Waals surface area contributed by atoms with E-state index in [4.69, 9.17) is 9.84 Å². The number of aliphatic hydroxyl groups is 1. The fourth-order valence-corrected chi connectivity index (χ4v) is 1.20. The van der Waals surface area contributed by atoms with Crippen molar-refractivity contribution >= 4 is 0 Å². The van der Waals surface area contributed by atoms with Gasteiger partial charge in [0.15, 0.2) is 0 Å². The van der Waals surface area contributed by atoms with Gasteiger partial charge in [0.05, 0.1) is 19.1 Å². The van der Waals surface area contributed by atoms with Crippen LogP contribution < -0.4 is 4.74 Å². The van der Waals surface area contributed by atoms with Gasteiger partial charge in [0.1, 0.15) is 5.75 Å². The van der Waals surface area contributed by atoms with Gasteiger partial charge in [-0.1, -0.05) is 18.2 Å². The number of ether oxygens (including phenoxy) is 1. The highest BCUT2D eigenvalue weighted by Crippen LogP contribution is 2.22. The molecule has 0 radical (unpaired) electrons. The third-order valence-corrected chi connectivity index (χ3v) is 1.93. The molecular formula is C11H13F3O2. The lowest BCUT2D eigenvalue weighted by Crippen LogP contribution is -2.21. The summed E-state index contributed by atoms with van der Waals surface area (Å²) in [7, 11) is 0. The van der Waals surface area contributed by atoms with Gasteiger partial charge >= 0.3 is 6.18 Å². The zero-order chi connectivity index (χ0) is 12.0. The highest BCUT2D eigenvalue weighted by molar-refractivity contribution is 5.20. The Labute approximate surface area is 91.7 Å². The van der Waals surface area contributed by atoms with Crippen LogP contribution in [0.2, 0.25) is 0 Å². The average molecular weight is 234 g/mol. The topological polar surface area (TPSA) is 29.5 Å². The van der Waals surface area contributed by atoms with E-state index in [0.717, 1.165) is 0 Å². The van der Waals surface area contributed by atoms with Crippen LogP contribution in [0, 0.1) is 0 Å². The van der Waals surface area contributed by atoms with Crippen LogP contribution in [0.5, 0.6) is 5.75 Å².